The first kappa shape index (κ1) is 20.8. The Bertz CT molecular complexity index is 1180. The second-order valence-electron chi connectivity index (χ2n) is 6.64. The van der Waals surface area contributed by atoms with Crippen LogP contribution in [-0.2, 0) is 20.7 Å². The third-order valence-electron chi connectivity index (χ3n) is 4.59. The van der Waals surface area contributed by atoms with E-state index >= 15 is 0 Å². The van der Waals surface area contributed by atoms with E-state index in [1.807, 2.05) is 6.92 Å². The maximum atomic E-state index is 12.5. The number of hydrogen-bond donors (Lipinski definition) is 3. The predicted molar refractivity (Wildman–Crippen MR) is 108 cm³/mol. The van der Waals surface area contributed by atoms with Crippen molar-refractivity contribution in [2.45, 2.75) is 20.3 Å². The maximum Gasteiger partial charge on any atom is 0.325 e. The van der Waals surface area contributed by atoms with E-state index in [0.717, 1.165) is 5.69 Å². The van der Waals surface area contributed by atoms with Gasteiger partial charge in [-0.15, -0.1) is 0 Å². The monoisotopic (exact) mass is 411 g/mol. The van der Waals surface area contributed by atoms with Gasteiger partial charge in [0.25, 0.3) is 11.5 Å². The van der Waals surface area contributed by atoms with Crippen LogP contribution in [0.2, 0.25) is 0 Å². The summed E-state index contributed by atoms with van der Waals surface area (Å²) in [5.74, 6) is -1.24. The fraction of sp³-hybridized carbons (Fsp3) is 0.250. The molecule has 156 valence electrons. The van der Waals surface area contributed by atoms with E-state index in [0.29, 0.717) is 28.2 Å². The quantitative estimate of drug-likeness (QED) is 0.512. The van der Waals surface area contributed by atoms with Crippen LogP contribution in [0.15, 0.2) is 35.1 Å². The molecule has 2 aromatic heterocycles. The second-order valence-corrected chi connectivity index (χ2v) is 6.64. The molecule has 0 radical (unpaired) electrons. The fourth-order valence-corrected chi connectivity index (χ4v) is 3.01. The van der Waals surface area contributed by atoms with Crippen molar-refractivity contribution in [3.63, 3.8) is 0 Å². The highest BCUT2D eigenvalue weighted by atomic mass is 16.5. The highest BCUT2D eigenvalue weighted by molar-refractivity contribution is 5.97. The molecule has 0 atom stereocenters. The van der Waals surface area contributed by atoms with E-state index in [9.17, 15) is 19.2 Å². The zero-order chi connectivity index (χ0) is 21.8. The van der Waals surface area contributed by atoms with Crippen molar-refractivity contribution in [3.05, 3.63) is 63.2 Å². The van der Waals surface area contributed by atoms with Crippen LogP contribution in [-0.4, -0.2) is 46.0 Å². The van der Waals surface area contributed by atoms with Crippen LogP contribution < -0.4 is 16.2 Å². The molecule has 0 fully saturated rings. The van der Waals surface area contributed by atoms with E-state index in [4.69, 9.17) is 0 Å². The number of anilines is 1. The number of aromatic nitrogens is 3. The number of methoxy groups -OCH3 is 1. The van der Waals surface area contributed by atoms with E-state index < -0.39 is 11.9 Å². The van der Waals surface area contributed by atoms with Gasteiger partial charge >= 0.3 is 5.97 Å². The van der Waals surface area contributed by atoms with Crippen LogP contribution in [0.3, 0.4) is 0 Å². The smallest absolute Gasteiger partial charge is 0.325 e. The van der Waals surface area contributed by atoms with Crippen LogP contribution in [0.25, 0.3) is 5.65 Å². The number of rotatable bonds is 6. The van der Waals surface area contributed by atoms with Gasteiger partial charge in [0.15, 0.2) is 5.65 Å². The molecule has 30 heavy (non-hydrogen) atoms. The first-order valence-corrected chi connectivity index (χ1v) is 9.11. The molecular weight excluding hydrogens is 390 g/mol. The van der Waals surface area contributed by atoms with Gasteiger partial charge in [0.1, 0.15) is 6.54 Å². The third-order valence-corrected chi connectivity index (χ3v) is 4.59. The standard InChI is InChI=1S/C20H21N5O5/c1-11-15(12(2)25-16(22-11)9-18(27)24-25)8-17(26)23-14-6-4-13(5-7-14)20(29)21-10-19(28)30-3/h4-7,9H,8,10H2,1-3H3,(H,21,29)(H,23,26)(H,24,27). The lowest BCUT2D eigenvalue weighted by Crippen LogP contribution is -2.30. The second kappa shape index (κ2) is 8.60. The summed E-state index contributed by atoms with van der Waals surface area (Å²) in [5, 5.41) is 7.86. The minimum absolute atomic E-state index is 0.0716. The lowest BCUT2D eigenvalue weighted by atomic mass is 10.1. The van der Waals surface area contributed by atoms with Crippen molar-refractivity contribution in [3.8, 4) is 0 Å². The Labute approximate surface area is 171 Å². The average Bonchev–Trinajstić information content (AvgIpc) is 3.09. The number of benzene rings is 1. The zero-order valence-electron chi connectivity index (χ0n) is 16.7. The number of nitrogens with one attached hydrogen (secondary N) is 3. The number of ether oxygens (including phenoxy) is 1. The number of aromatic amines is 1. The first-order chi connectivity index (χ1) is 14.3. The molecular formula is C20H21N5O5. The third kappa shape index (κ3) is 4.54. The van der Waals surface area contributed by atoms with E-state index in [1.165, 1.54) is 25.3 Å². The Balaban J connectivity index is 1.67. The molecule has 0 saturated heterocycles. The lowest BCUT2D eigenvalue weighted by Gasteiger charge is -2.12. The summed E-state index contributed by atoms with van der Waals surface area (Å²) >= 11 is 0. The summed E-state index contributed by atoms with van der Waals surface area (Å²) in [6.45, 7) is 3.37. The summed E-state index contributed by atoms with van der Waals surface area (Å²) in [4.78, 5) is 51.5. The molecule has 0 unspecified atom stereocenters. The molecule has 2 heterocycles. The molecule has 1 aromatic carbocycles. The largest absolute Gasteiger partial charge is 0.468 e. The van der Waals surface area contributed by atoms with Crippen molar-refractivity contribution in [1.82, 2.24) is 19.9 Å². The summed E-state index contributed by atoms with van der Waals surface area (Å²) in [6, 6.07) is 7.66. The molecule has 10 heteroatoms. The number of esters is 1. The number of carbonyl (C=O) groups excluding carboxylic acids is 3. The number of carbonyl (C=O) groups is 3. The SMILES string of the molecule is COC(=O)CNC(=O)c1ccc(NC(=O)Cc2c(C)nc3cc(=O)[nH]n3c2C)cc1. The van der Waals surface area contributed by atoms with Crippen molar-refractivity contribution < 1.29 is 19.1 Å². The number of amides is 2. The van der Waals surface area contributed by atoms with Gasteiger partial charge in [0.2, 0.25) is 5.91 Å². The summed E-state index contributed by atoms with van der Waals surface area (Å²) in [7, 11) is 1.24. The molecule has 0 spiro atoms. The Morgan fingerprint density at radius 1 is 1.17 bits per heavy atom. The van der Waals surface area contributed by atoms with Gasteiger partial charge in [0.05, 0.1) is 13.5 Å². The van der Waals surface area contributed by atoms with Gasteiger partial charge in [-0.1, -0.05) is 0 Å². The molecule has 0 aliphatic heterocycles. The van der Waals surface area contributed by atoms with Gasteiger partial charge in [0, 0.05) is 34.3 Å². The first-order valence-electron chi connectivity index (χ1n) is 9.11. The molecule has 3 aromatic rings. The lowest BCUT2D eigenvalue weighted by molar-refractivity contribution is -0.139. The Hall–Kier alpha value is -3.95. The number of fused-ring (bicyclic) bond motifs is 1. The molecule has 3 N–H and O–H groups in total. The summed E-state index contributed by atoms with van der Waals surface area (Å²) in [5.41, 5.74) is 3.21. The Morgan fingerprint density at radius 2 is 1.87 bits per heavy atom. The van der Waals surface area contributed by atoms with E-state index in [2.05, 4.69) is 25.5 Å². The van der Waals surface area contributed by atoms with Crippen molar-refractivity contribution in [1.29, 1.82) is 0 Å². The van der Waals surface area contributed by atoms with Crippen LogP contribution in [0.5, 0.6) is 0 Å². The fourth-order valence-electron chi connectivity index (χ4n) is 3.01. The molecule has 2 amide bonds. The van der Waals surface area contributed by atoms with Gasteiger partial charge in [-0.2, -0.15) is 0 Å². The minimum atomic E-state index is -0.547. The van der Waals surface area contributed by atoms with Gasteiger partial charge in [-0.25, -0.2) is 9.50 Å². The highest BCUT2D eigenvalue weighted by Gasteiger charge is 2.15. The summed E-state index contributed by atoms with van der Waals surface area (Å²) < 4.78 is 6.02. The minimum Gasteiger partial charge on any atom is -0.468 e. The number of H-pyrrole nitrogens is 1. The predicted octanol–water partition coefficient (Wildman–Crippen LogP) is 0.723. The molecule has 0 aliphatic carbocycles. The molecule has 3 rings (SSSR count). The van der Waals surface area contributed by atoms with Crippen molar-refractivity contribution in [2.24, 2.45) is 0 Å². The van der Waals surface area contributed by atoms with Crippen LogP contribution >= 0.6 is 0 Å². The van der Waals surface area contributed by atoms with Gasteiger partial charge in [-0.3, -0.25) is 24.3 Å². The maximum absolute atomic E-state index is 12.5. The Kier molecular flexibility index (Phi) is 5.95. The molecule has 0 aliphatic rings. The van der Waals surface area contributed by atoms with Crippen LogP contribution in [0, 0.1) is 13.8 Å². The van der Waals surface area contributed by atoms with Crippen LogP contribution in [0.1, 0.15) is 27.3 Å². The van der Waals surface area contributed by atoms with Crippen LogP contribution in [0.4, 0.5) is 5.69 Å². The molecule has 10 nitrogen and oxygen atoms in total. The number of nitrogens with zero attached hydrogens (tertiary/aromatic N) is 2. The average molecular weight is 411 g/mol. The normalized spacial score (nSPS) is 10.6. The molecule has 0 saturated carbocycles. The summed E-state index contributed by atoms with van der Waals surface area (Å²) in [6.07, 6.45) is 0.0716. The van der Waals surface area contributed by atoms with Crippen molar-refractivity contribution in [2.75, 3.05) is 19.0 Å². The molecule has 0 bridgehead atoms. The number of hydrogen-bond acceptors (Lipinski definition) is 6. The van der Waals surface area contributed by atoms with Crippen molar-refractivity contribution >= 4 is 29.1 Å². The zero-order valence-corrected chi connectivity index (χ0v) is 16.7. The Morgan fingerprint density at radius 3 is 2.53 bits per heavy atom. The van der Waals surface area contributed by atoms with E-state index in [1.54, 1.807) is 23.6 Å². The highest BCUT2D eigenvalue weighted by Crippen LogP contribution is 2.15. The van der Waals surface area contributed by atoms with Gasteiger partial charge < -0.3 is 15.4 Å². The topological polar surface area (TPSA) is 135 Å². The van der Waals surface area contributed by atoms with E-state index in [-0.39, 0.29) is 24.4 Å². The number of aryl methyl sites for hydroxylation is 2. The van der Waals surface area contributed by atoms with Gasteiger partial charge in [-0.05, 0) is 38.1 Å².